The van der Waals surface area contributed by atoms with E-state index in [1.807, 2.05) is 0 Å². The van der Waals surface area contributed by atoms with Crippen molar-refractivity contribution in [2.75, 3.05) is 0 Å². The van der Waals surface area contributed by atoms with E-state index in [4.69, 9.17) is 15.3 Å². The Morgan fingerprint density at radius 1 is 1.16 bits per heavy atom. The number of benzene rings is 1. The number of nitrogens with one attached hydrogen (secondary N) is 1. The molecule has 134 valence electrons. The lowest BCUT2D eigenvalue weighted by Gasteiger charge is -2.00. The lowest BCUT2D eigenvalue weighted by atomic mass is 10.2. The maximum absolute atomic E-state index is 11.4. The first-order valence-electron chi connectivity index (χ1n) is 6.58. The number of imidazole rings is 1. The van der Waals surface area contributed by atoms with Gasteiger partial charge in [0.05, 0.1) is 6.33 Å². The van der Waals surface area contributed by atoms with Crippen LogP contribution >= 0.6 is 0 Å². The molecule has 0 saturated heterocycles. The van der Waals surface area contributed by atoms with Gasteiger partial charge in [0, 0.05) is 20.2 Å². The summed E-state index contributed by atoms with van der Waals surface area (Å²) in [5, 5.41) is 26.1. The fraction of sp³-hybridized carbons (Fsp3) is 0.143. The molecule has 2 aromatic heterocycles. The van der Waals surface area contributed by atoms with Gasteiger partial charge in [0.2, 0.25) is 0 Å². The minimum atomic E-state index is -1.22. The Balaban J connectivity index is 0.000000244. The summed E-state index contributed by atoms with van der Waals surface area (Å²) in [6.07, 6.45) is 1.39. The number of rotatable bonds is 1. The highest BCUT2D eigenvalue weighted by Crippen LogP contribution is 2.21. The van der Waals surface area contributed by atoms with Crippen molar-refractivity contribution in [3.05, 3.63) is 50.9 Å². The summed E-state index contributed by atoms with van der Waals surface area (Å²) in [6.45, 7) is 0. The molecule has 0 radical (unpaired) electrons. The molecule has 0 bridgehead atoms. The van der Waals surface area contributed by atoms with Gasteiger partial charge in [-0.2, -0.15) is 0 Å². The molecule has 0 saturated carbocycles. The van der Waals surface area contributed by atoms with E-state index < -0.39 is 11.7 Å². The maximum Gasteiger partial charge on any atom is 0.339 e. The number of hydrogen-bond acceptors (Lipinski definition) is 6. The third-order valence-electron chi connectivity index (χ3n) is 3.24. The number of carboxylic acid groups (broad SMARTS) is 1. The lowest BCUT2D eigenvalue weighted by molar-refractivity contribution is 0.0693. The van der Waals surface area contributed by atoms with E-state index in [1.165, 1.54) is 24.0 Å². The van der Waals surface area contributed by atoms with Gasteiger partial charge in [0.25, 0.3) is 5.56 Å². The third-order valence-corrected chi connectivity index (χ3v) is 3.24. The largest absolute Gasteiger partial charge is 0.508 e. The van der Waals surface area contributed by atoms with Crippen LogP contribution in [0.2, 0.25) is 0 Å². The molecule has 0 aliphatic carbocycles. The molecule has 11 nitrogen and oxygen atoms in total. The van der Waals surface area contributed by atoms with Gasteiger partial charge in [0.1, 0.15) is 22.6 Å². The zero-order chi connectivity index (χ0) is 18.0. The summed E-state index contributed by atoms with van der Waals surface area (Å²) in [5.74, 6) is -1.81. The van der Waals surface area contributed by atoms with Crippen molar-refractivity contribution >= 4 is 17.1 Å². The van der Waals surface area contributed by atoms with Crippen molar-refractivity contribution in [3.63, 3.8) is 0 Å². The van der Waals surface area contributed by atoms with Crippen LogP contribution in [0.3, 0.4) is 0 Å². The van der Waals surface area contributed by atoms with Gasteiger partial charge in [-0.3, -0.25) is 13.9 Å². The highest BCUT2D eigenvalue weighted by Gasteiger charge is 2.09. The standard InChI is InChI=1S/C7H8N4O2.C7H6O4.H2O/c1-10-5-4(8-3-9-5)6(12)11(2)7(10)13;8-4-1-2-5(7(10)11)6(9)3-4;/h3H,1-2H3,(H,8,9);1-3,8-9H,(H,10,11);1H2. The van der Waals surface area contributed by atoms with Crippen molar-refractivity contribution in [3.8, 4) is 11.5 Å². The van der Waals surface area contributed by atoms with Crippen LogP contribution in [0.25, 0.3) is 11.2 Å². The van der Waals surface area contributed by atoms with Gasteiger partial charge < -0.3 is 25.8 Å². The van der Waals surface area contributed by atoms with Crippen molar-refractivity contribution < 1.29 is 25.6 Å². The molecule has 0 atom stereocenters. The number of aromatic carboxylic acids is 1. The normalized spacial score (nSPS) is 9.84. The van der Waals surface area contributed by atoms with E-state index in [9.17, 15) is 14.4 Å². The van der Waals surface area contributed by atoms with Gasteiger partial charge in [-0.15, -0.1) is 0 Å². The first-order valence-corrected chi connectivity index (χ1v) is 6.58. The van der Waals surface area contributed by atoms with Crippen LogP contribution in [-0.4, -0.2) is 45.9 Å². The van der Waals surface area contributed by atoms with Crippen molar-refractivity contribution in [2.24, 2.45) is 14.1 Å². The van der Waals surface area contributed by atoms with Crippen LogP contribution in [0, 0.1) is 0 Å². The zero-order valence-electron chi connectivity index (χ0n) is 13.2. The number of aromatic amines is 1. The van der Waals surface area contributed by atoms with Crippen LogP contribution in [0.4, 0.5) is 0 Å². The van der Waals surface area contributed by atoms with E-state index in [-0.39, 0.29) is 28.0 Å². The molecule has 0 aliphatic rings. The second-order valence-corrected chi connectivity index (χ2v) is 4.81. The molecule has 6 N–H and O–H groups in total. The minimum Gasteiger partial charge on any atom is -0.508 e. The van der Waals surface area contributed by atoms with E-state index >= 15 is 0 Å². The second-order valence-electron chi connectivity index (χ2n) is 4.81. The number of fused-ring (bicyclic) bond motifs is 1. The molecule has 2 heterocycles. The fourth-order valence-electron chi connectivity index (χ4n) is 1.97. The first-order chi connectivity index (χ1) is 11.2. The van der Waals surface area contributed by atoms with E-state index in [0.717, 1.165) is 16.7 Å². The summed E-state index contributed by atoms with van der Waals surface area (Å²) >= 11 is 0. The van der Waals surface area contributed by atoms with Crippen molar-refractivity contribution in [1.82, 2.24) is 19.1 Å². The average Bonchev–Trinajstić information content (AvgIpc) is 3.01. The SMILES string of the molecule is Cn1c(=O)c2[nH]cnc2n(C)c1=O.O.O=C(O)c1ccc(O)cc1O. The summed E-state index contributed by atoms with van der Waals surface area (Å²) in [6, 6.07) is 3.31. The van der Waals surface area contributed by atoms with Gasteiger partial charge in [-0.25, -0.2) is 14.6 Å². The number of aromatic hydroxyl groups is 2. The van der Waals surface area contributed by atoms with Crippen LogP contribution in [-0.2, 0) is 14.1 Å². The van der Waals surface area contributed by atoms with Crippen LogP contribution in [0.1, 0.15) is 10.4 Å². The van der Waals surface area contributed by atoms with Gasteiger partial charge in [-0.05, 0) is 12.1 Å². The topological polar surface area (TPSA) is 182 Å². The number of carbonyl (C=O) groups is 1. The molecule has 0 unspecified atom stereocenters. The number of H-pyrrole nitrogens is 1. The van der Waals surface area contributed by atoms with Crippen LogP contribution < -0.4 is 11.2 Å². The summed E-state index contributed by atoms with van der Waals surface area (Å²) in [7, 11) is 3.01. The van der Waals surface area contributed by atoms with E-state index in [2.05, 4.69) is 9.97 Å². The molecule has 0 aliphatic heterocycles. The quantitative estimate of drug-likeness (QED) is 0.430. The summed E-state index contributed by atoms with van der Waals surface area (Å²) in [4.78, 5) is 39.7. The van der Waals surface area contributed by atoms with Crippen LogP contribution in [0.15, 0.2) is 34.1 Å². The Morgan fingerprint density at radius 3 is 2.36 bits per heavy atom. The van der Waals surface area contributed by atoms with Crippen molar-refractivity contribution in [2.45, 2.75) is 0 Å². The fourth-order valence-corrected chi connectivity index (χ4v) is 1.97. The number of aryl methyl sites for hydroxylation is 1. The molecular formula is C14H16N4O7. The number of nitrogens with zero attached hydrogens (tertiary/aromatic N) is 3. The zero-order valence-corrected chi connectivity index (χ0v) is 13.2. The summed E-state index contributed by atoms with van der Waals surface area (Å²) in [5.41, 5.74) is -0.208. The smallest absolute Gasteiger partial charge is 0.339 e. The van der Waals surface area contributed by atoms with Gasteiger partial charge >= 0.3 is 11.7 Å². The molecule has 25 heavy (non-hydrogen) atoms. The number of aromatic nitrogens is 4. The Hall–Kier alpha value is -3.60. The molecular weight excluding hydrogens is 336 g/mol. The lowest BCUT2D eigenvalue weighted by Crippen LogP contribution is -2.36. The van der Waals surface area contributed by atoms with E-state index in [0.29, 0.717) is 11.2 Å². The van der Waals surface area contributed by atoms with Gasteiger partial charge in [0.15, 0.2) is 5.65 Å². The number of hydrogen-bond donors (Lipinski definition) is 4. The first kappa shape index (κ1) is 19.4. The molecule has 3 aromatic rings. The molecule has 0 fully saturated rings. The van der Waals surface area contributed by atoms with Gasteiger partial charge in [-0.1, -0.05) is 0 Å². The predicted octanol–water partition coefficient (Wildman–Crippen LogP) is -1.07. The minimum absolute atomic E-state index is 0. The second kappa shape index (κ2) is 7.31. The average molecular weight is 352 g/mol. The molecule has 0 spiro atoms. The summed E-state index contributed by atoms with van der Waals surface area (Å²) < 4.78 is 2.37. The number of phenolic OH excluding ortho intramolecular Hbond substituents is 1. The Kier molecular flexibility index (Phi) is 5.69. The molecule has 11 heteroatoms. The Bertz CT molecular complexity index is 1030. The Labute approximate surface area is 139 Å². The number of carboxylic acids is 1. The predicted molar refractivity (Wildman–Crippen MR) is 86.9 cm³/mol. The van der Waals surface area contributed by atoms with Crippen molar-refractivity contribution in [1.29, 1.82) is 0 Å². The van der Waals surface area contributed by atoms with Crippen LogP contribution in [0.5, 0.6) is 11.5 Å². The molecule has 0 amide bonds. The Morgan fingerprint density at radius 2 is 1.80 bits per heavy atom. The monoisotopic (exact) mass is 352 g/mol. The highest BCUT2D eigenvalue weighted by molar-refractivity contribution is 5.90. The molecule has 1 aromatic carbocycles. The highest BCUT2D eigenvalue weighted by atomic mass is 16.4. The molecule has 3 rings (SSSR count). The van der Waals surface area contributed by atoms with E-state index in [1.54, 1.807) is 7.05 Å². The third kappa shape index (κ3) is 3.67. The maximum atomic E-state index is 11.4. The number of phenols is 2.